The van der Waals surface area contributed by atoms with Crippen molar-refractivity contribution < 1.29 is 18.4 Å². The molecule has 0 amide bonds. The minimum absolute atomic E-state index is 0.514. The highest BCUT2D eigenvalue weighted by atomic mass is 32.2. The number of nitrogen functional groups attached to an aromatic ring is 1. The van der Waals surface area contributed by atoms with E-state index in [1.54, 1.807) is 38.7 Å². The summed E-state index contributed by atoms with van der Waals surface area (Å²) in [6.45, 7) is 0. The third-order valence-corrected chi connectivity index (χ3v) is 4.96. The van der Waals surface area contributed by atoms with Gasteiger partial charge in [0.05, 0.1) is 26.2 Å². The Kier molecular flexibility index (Phi) is 4.94. The van der Waals surface area contributed by atoms with Gasteiger partial charge in [0, 0.05) is 17.4 Å². The lowest BCUT2D eigenvalue weighted by Crippen LogP contribution is -2.11. The lowest BCUT2D eigenvalue weighted by molar-refractivity contribution is 0.355. The molecule has 3 heterocycles. The van der Waals surface area contributed by atoms with E-state index in [0.717, 1.165) is 11.3 Å². The Balaban J connectivity index is 1.50. The molecule has 0 saturated heterocycles. The lowest BCUT2D eigenvalue weighted by Gasteiger charge is -2.09. The molecular formula is C18H17N5O4S. The summed E-state index contributed by atoms with van der Waals surface area (Å²) in [7, 11) is 3.16. The molecule has 28 heavy (non-hydrogen) atoms. The second kappa shape index (κ2) is 7.69. The van der Waals surface area contributed by atoms with Crippen molar-refractivity contribution >= 4 is 11.8 Å². The average molecular weight is 399 g/mol. The Labute approximate surface area is 164 Å². The topological polar surface area (TPSA) is 114 Å². The highest BCUT2D eigenvalue weighted by Crippen LogP contribution is 2.32. The van der Waals surface area contributed by atoms with Gasteiger partial charge in [0.2, 0.25) is 10.9 Å². The van der Waals surface area contributed by atoms with Crippen LogP contribution in [0.3, 0.4) is 0 Å². The Bertz CT molecular complexity index is 1070. The van der Waals surface area contributed by atoms with Crippen LogP contribution in [-0.4, -0.2) is 34.2 Å². The molecule has 0 fully saturated rings. The second-order valence-corrected chi connectivity index (χ2v) is 6.64. The number of thioether (sulfide) groups is 1. The minimum Gasteiger partial charge on any atom is -0.493 e. The third-order valence-electron chi connectivity index (χ3n) is 3.98. The molecule has 0 atom stereocenters. The van der Waals surface area contributed by atoms with Crippen molar-refractivity contribution in [3.05, 3.63) is 48.4 Å². The normalized spacial score (nSPS) is 10.9. The summed E-state index contributed by atoms with van der Waals surface area (Å²) in [5.41, 5.74) is 1.51. The zero-order valence-corrected chi connectivity index (χ0v) is 16.0. The van der Waals surface area contributed by atoms with Gasteiger partial charge in [-0.05, 0) is 30.3 Å². The van der Waals surface area contributed by atoms with Crippen LogP contribution < -0.4 is 15.3 Å². The molecule has 144 valence electrons. The Morgan fingerprint density at radius 1 is 1.07 bits per heavy atom. The van der Waals surface area contributed by atoms with Gasteiger partial charge in [0.15, 0.2) is 23.1 Å². The average Bonchev–Trinajstić information content (AvgIpc) is 3.47. The van der Waals surface area contributed by atoms with E-state index in [-0.39, 0.29) is 0 Å². The fourth-order valence-corrected chi connectivity index (χ4v) is 3.34. The highest BCUT2D eigenvalue weighted by Gasteiger charge is 2.16. The molecule has 0 saturated carbocycles. The number of nitrogens with two attached hydrogens (primary N) is 1. The zero-order chi connectivity index (χ0) is 19.5. The fourth-order valence-electron chi connectivity index (χ4n) is 2.60. The van der Waals surface area contributed by atoms with Crippen molar-refractivity contribution in [2.24, 2.45) is 0 Å². The van der Waals surface area contributed by atoms with E-state index < -0.39 is 0 Å². The molecule has 0 aliphatic rings. The molecule has 9 nitrogen and oxygen atoms in total. The van der Waals surface area contributed by atoms with Crippen molar-refractivity contribution in [2.75, 3.05) is 20.1 Å². The maximum Gasteiger partial charge on any atom is 0.210 e. The number of ether oxygens (including phenoxy) is 2. The summed E-state index contributed by atoms with van der Waals surface area (Å²) in [6, 6.07) is 10.9. The SMILES string of the molecule is COc1ccc(-c2nnc(SCc3cc(-c4ccco4)on3)n2N)cc1OC. The van der Waals surface area contributed by atoms with Crippen molar-refractivity contribution in [3.8, 4) is 34.4 Å². The summed E-state index contributed by atoms with van der Waals surface area (Å²) < 4.78 is 22.6. The van der Waals surface area contributed by atoms with Gasteiger partial charge in [-0.2, -0.15) is 0 Å². The van der Waals surface area contributed by atoms with Gasteiger partial charge < -0.3 is 24.3 Å². The van der Waals surface area contributed by atoms with Crippen LogP contribution in [0.1, 0.15) is 5.69 Å². The van der Waals surface area contributed by atoms with Crippen LogP contribution in [-0.2, 0) is 5.75 Å². The first-order chi connectivity index (χ1) is 13.7. The van der Waals surface area contributed by atoms with Crippen LogP contribution in [0, 0.1) is 0 Å². The van der Waals surface area contributed by atoms with E-state index >= 15 is 0 Å². The third kappa shape index (κ3) is 3.41. The van der Waals surface area contributed by atoms with E-state index in [4.69, 9.17) is 24.3 Å². The van der Waals surface area contributed by atoms with Crippen LogP contribution in [0.25, 0.3) is 22.9 Å². The number of furan rings is 1. The maximum atomic E-state index is 6.18. The first kappa shape index (κ1) is 18.0. The first-order valence-corrected chi connectivity index (χ1v) is 9.23. The van der Waals surface area contributed by atoms with Gasteiger partial charge in [0.25, 0.3) is 0 Å². The smallest absolute Gasteiger partial charge is 0.210 e. The van der Waals surface area contributed by atoms with Gasteiger partial charge in [0.1, 0.15) is 0 Å². The Morgan fingerprint density at radius 2 is 1.93 bits per heavy atom. The summed E-state index contributed by atoms with van der Waals surface area (Å²) in [5, 5.41) is 12.9. The lowest BCUT2D eigenvalue weighted by atomic mass is 10.2. The maximum absolute atomic E-state index is 6.18. The number of aromatic nitrogens is 4. The highest BCUT2D eigenvalue weighted by molar-refractivity contribution is 7.98. The zero-order valence-electron chi connectivity index (χ0n) is 15.2. The number of methoxy groups -OCH3 is 2. The molecule has 4 rings (SSSR count). The van der Waals surface area contributed by atoms with Gasteiger partial charge in [-0.1, -0.05) is 16.9 Å². The van der Waals surface area contributed by atoms with E-state index in [1.807, 2.05) is 18.2 Å². The fraction of sp³-hybridized carbons (Fsp3) is 0.167. The standard InChI is InChI=1S/C18H17N5O4S/c1-24-13-6-5-11(8-15(13)25-2)17-20-21-18(23(17)19)28-10-12-9-16(27-22-12)14-4-3-7-26-14/h3-9H,10,19H2,1-2H3. The largest absolute Gasteiger partial charge is 0.493 e. The van der Waals surface area contributed by atoms with Crippen LogP contribution in [0.2, 0.25) is 0 Å². The molecule has 0 spiro atoms. The van der Waals surface area contributed by atoms with Crippen LogP contribution in [0.5, 0.6) is 11.5 Å². The molecule has 1 aromatic carbocycles. The molecule has 0 unspecified atom stereocenters. The first-order valence-electron chi connectivity index (χ1n) is 8.24. The molecule has 0 radical (unpaired) electrons. The van der Waals surface area contributed by atoms with Gasteiger partial charge in [-0.15, -0.1) is 10.2 Å². The van der Waals surface area contributed by atoms with Crippen molar-refractivity contribution in [1.82, 2.24) is 20.0 Å². The van der Waals surface area contributed by atoms with E-state index in [2.05, 4.69) is 15.4 Å². The Morgan fingerprint density at radius 3 is 2.68 bits per heavy atom. The van der Waals surface area contributed by atoms with Crippen molar-refractivity contribution in [1.29, 1.82) is 0 Å². The molecule has 4 aromatic rings. The number of nitrogens with zero attached hydrogens (tertiary/aromatic N) is 4. The number of hydrogen-bond donors (Lipinski definition) is 1. The number of hydrogen-bond acceptors (Lipinski definition) is 9. The van der Waals surface area contributed by atoms with E-state index in [0.29, 0.717) is 39.8 Å². The van der Waals surface area contributed by atoms with Crippen LogP contribution >= 0.6 is 11.8 Å². The summed E-state index contributed by atoms with van der Waals surface area (Å²) in [5.74, 6) is 9.63. The summed E-state index contributed by atoms with van der Waals surface area (Å²) in [4.78, 5) is 0. The quantitative estimate of drug-likeness (QED) is 0.369. The predicted molar refractivity (Wildman–Crippen MR) is 102 cm³/mol. The predicted octanol–water partition coefficient (Wildman–Crippen LogP) is 3.22. The van der Waals surface area contributed by atoms with E-state index in [9.17, 15) is 0 Å². The number of benzene rings is 1. The van der Waals surface area contributed by atoms with Gasteiger partial charge in [-0.25, -0.2) is 4.68 Å². The molecule has 0 aliphatic heterocycles. The number of rotatable bonds is 7. The molecule has 0 bridgehead atoms. The molecule has 0 aliphatic carbocycles. The molecule has 2 N–H and O–H groups in total. The summed E-state index contributed by atoms with van der Waals surface area (Å²) in [6.07, 6.45) is 1.58. The van der Waals surface area contributed by atoms with Crippen LogP contribution in [0.15, 0.2) is 56.8 Å². The van der Waals surface area contributed by atoms with Crippen molar-refractivity contribution in [2.45, 2.75) is 10.9 Å². The van der Waals surface area contributed by atoms with E-state index in [1.165, 1.54) is 16.4 Å². The molecule has 3 aromatic heterocycles. The minimum atomic E-state index is 0.514. The monoisotopic (exact) mass is 399 g/mol. The summed E-state index contributed by atoms with van der Waals surface area (Å²) >= 11 is 1.40. The van der Waals surface area contributed by atoms with Crippen molar-refractivity contribution in [3.63, 3.8) is 0 Å². The van der Waals surface area contributed by atoms with Crippen LogP contribution in [0.4, 0.5) is 0 Å². The molecule has 10 heteroatoms. The molecular weight excluding hydrogens is 382 g/mol. The second-order valence-electron chi connectivity index (χ2n) is 5.69. The Hall–Kier alpha value is -3.40. The van der Waals surface area contributed by atoms with Gasteiger partial charge >= 0.3 is 0 Å². The van der Waals surface area contributed by atoms with Gasteiger partial charge in [-0.3, -0.25) is 0 Å².